The summed E-state index contributed by atoms with van der Waals surface area (Å²) >= 11 is 1.25. The third-order valence-electron chi connectivity index (χ3n) is 3.48. The van der Waals surface area contributed by atoms with E-state index in [-0.39, 0.29) is 5.41 Å². The maximum Gasteiger partial charge on any atom is 0.250 e. The van der Waals surface area contributed by atoms with Crippen LogP contribution in [-0.2, 0) is 16.6 Å². The van der Waals surface area contributed by atoms with E-state index in [9.17, 15) is 8.42 Å². The number of thiophene rings is 1. The van der Waals surface area contributed by atoms with Crippen LogP contribution in [0.5, 0.6) is 0 Å². The van der Waals surface area contributed by atoms with Crippen molar-refractivity contribution < 1.29 is 8.42 Å². The van der Waals surface area contributed by atoms with Crippen LogP contribution in [-0.4, -0.2) is 15.0 Å². The molecule has 0 atom stereocenters. The van der Waals surface area contributed by atoms with Gasteiger partial charge in [-0.3, -0.25) is 0 Å². The Labute approximate surface area is 113 Å². The van der Waals surface area contributed by atoms with Crippen molar-refractivity contribution in [2.45, 2.75) is 43.4 Å². The predicted molar refractivity (Wildman–Crippen MR) is 74.0 cm³/mol. The fraction of sp³-hybridized carbons (Fsp3) is 0.667. The quantitative estimate of drug-likeness (QED) is 0.806. The van der Waals surface area contributed by atoms with E-state index >= 15 is 0 Å². The van der Waals surface area contributed by atoms with Crippen LogP contribution in [0.1, 0.15) is 37.5 Å². The fourth-order valence-electron chi connectivity index (χ4n) is 2.15. The van der Waals surface area contributed by atoms with Crippen LogP contribution < -0.4 is 10.5 Å². The second-order valence-electron chi connectivity index (χ2n) is 5.00. The van der Waals surface area contributed by atoms with Gasteiger partial charge in [-0.15, -0.1) is 11.3 Å². The lowest BCUT2D eigenvalue weighted by molar-refractivity contribution is 0.449. The third kappa shape index (κ3) is 3.12. The lowest BCUT2D eigenvalue weighted by Crippen LogP contribution is -2.29. The number of nitrogens with two attached hydrogens (primary N) is 1. The summed E-state index contributed by atoms with van der Waals surface area (Å²) in [7, 11) is -3.35. The Morgan fingerprint density at radius 3 is 2.67 bits per heavy atom. The average molecular weight is 288 g/mol. The minimum absolute atomic E-state index is 0.232. The standard InChI is InChI=1S/C12H20N2O2S2/c1-2-5-12(6-7-12)9-14-18(15,16)11-4-3-10(8-13)17-11/h3-4,14H,2,5-9,13H2,1H3. The van der Waals surface area contributed by atoms with E-state index < -0.39 is 10.0 Å². The van der Waals surface area contributed by atoms with E-state index in [2.05, 4.69) is 11.6 Å². The Bertz CT molecular complexity index is 504. The molecule has 1 aromatic rings. The summed E-state index contributed by atoms with van der Waals surface area (Å²) in [5, 5.41) is 0. The van der Waals surface area contributed by atoms with Crippen molar-refractivity contribution in [3.63, 3.8) is 0 Å². The van der Waals surface area contributed by atoms with Crippen LogP contribution in [0.15, 0.2) is 16.3 Å². The highest BCUT2D eigenvalue weighted by atomic mass is 32.2. The molecule has 0 radical (unpaired) electrons. The molecule has 102 valence electrons. The summed E-state index contributed by atoms with van der Waals surface area (Å²) in [6, 6.07) is 3.41. The highest BCUT2D eigenvalue weighted by Gasteiger charge is 2.42. The van der Waals surface area contributed by atoms with Crippen molar-refractivity contribution in [1.29, 1.82) is 0 Å². The summed E-state index contributed by atoms with van der Waals surface area (Å²) in [6.45, 7) is 3.10. The zero-order chi connectivity index (χ0) is 13.2. The molecule has 2 rings (SSSR count). The molecule has 1 heterocycles. The maximum atomic E-state index is 12.1. The van der Waals surface area contributed by atoms with Gasteiger partial charge in [-0.2, -0.15) is 0 Å². The van der Waals surface area contributed by atoms with Gasteiger partial charge in [0.15, 0.2) is 0 Å². The molecule has 0 aliphatic heterocycles. The van der Waals surface area contributed by atoms with E-state index in [1.54, 1.807) is 12.1 Å². The number of nitrogens with one attached hydrogen (secondary N) is 1. The first kappa shape index (κ1) is 14.0. The smallest absolute Gasteiger partial charge is 0.250 e. The van der Waals surface area contributed by atoms with Gasteiger partial charge >= 0.3 is 0 Å². The van der Waals surface area contributed by atoms with Crippen LogP contribution in [0, 0.1) is 5.41 Å². The first-order valence-corrected chi connectivity index (χ1v) is 8.60. The Hall–Kier alpha value is -0.430. The van der Waals surface area contributed by atoms with Crippen LogP contribution in [0.4, 0.5) is 0 Å². The molecule has 3 N–H and O–H groups in total. The van der Waals surface area contributed by atoms with Crippen LogP contribution in [0.3, 0.4) is 0 Å². The van der Waals surface area contributed by atoms with Crippen LogP contribution in [0.2, 0.25) is 0 Å². The van der Waals surface area contributed by atoms with E-state index in [1.807, 2.05) is 0 Å². The van der Waals surface area contributed by atoms with E-state index in [0.717, 1.165) is 30.6 Å². The SMILES string of the molecule is CCCC1(CNS(=O)(=O)c2ccc(CN)s2)CC1. The van der Waals surface area contributed by atoms with Crippen molar-refractivity contribution in [3.05, 3.63) is 17.0 Å². The van der Waals surface area contributed by atoms with E-state index in [4.69, 9.17) is 5.73 Å². The molecule has 0 spiro atoms. The van der Waals surface area contributed by atoms with Crippen molar-refractivity contribution in [2.75, 3.05) is 6.54 Å². The largest absolute Gasteiger partial charge is 0.326 e. The molecular formula is C12H20N2O2S2. The molecule has 18 heavy (non-hydrogen) atoms. The number of rotatable bonds is 7. The number of hydrogen-bond donors (Lipinski definition) is 2. The van der Waals surface area contributed by atoms with Gasteiger partial charge in [-0.1, -0.05) is 13.3 Å². The zero-order valence-corrected chi connectivity index (χ0v) is 12.2. The third-order valence-corrected chi connectivity index (χ3v) is 6.48. The zero-order valence-electron chi connectivity index (χ0n) is 10.6. The normalized spacial score (nSPS) is 17.9. The summed E-state index contributed by atoms with van der Waals surface area (Å²) in [4.78, 5) is 0.894. The van der Waals surface area contributed by atoms with Gasteiger partial charge in [0.2, 0.25) is 10.0 Å². The molecule has 0 aromatic carbocycles. The van der Waals surface area contributed by atoms with Crippen LogP contribution in [0.25, 0.3) is 0 Å². The maximum absolute atomic E-state index is 12.1. The van der Waals surface area contributed by atoms with Crippen molar-refractivity contribution in [1.82, 2.24) is 4.72 Å². The molecule has 1 aliphatic carbocycles. The second-order valence-corrected chi connectivity index (χ2v) is 8.16. The van der Waals surface area contributed by atoms with E-state index in [0.29, 0.717) is 17.3 Å². The fourth-order valence-corrected chi connectivity index (χ4v) is 4.59. The molecule has 1 aliphatic rings. The highest BCUT2D eigenvalue weighted by molar-refractivity contribution is 7.91. The molecular weight excluding hydrogens is 268 g/mol. The monoisotopic (exact) mass is 288 g/mol. The molecule has 6 heteroatoms. The Balaban J connectivity index is 1.99. The second kappa shape index (κ2) is 5.28. The van der Waals surface area contributed by atoms with Gasteiger partial charge in [-0.05, 0) is 36.8 Å². The lowest BCUT2D eigenvalue weighted by atomic mass is 10.0. The van der Waals surface area contributed by atoms with Gasteiger partial charge < -0.3 is 5.73 Å². The lowest BCUT2D eigenvalue weighted by Gasteiger charge is -2.14. The molecule has 4 nitrogen and oxygen atoms in total. The molecule has 0 amide bonds. The average Bonchev–Trinajstić information content (AvgIpc) is 2.93. The summed E-state index contributed by atoms with van der Waals surface area (Å²) in [5.74, 6) is 0. The summed E-state index contributed by atoms with van der Waals surface area (Å²) < 4.78 is 27.3. The first-order valence-electron chi connectivity index (χ1n) is 6.30. The van der Waals surface area contributed by atoms with Gasteiger partial charge in [0.05, 0.1) is 0 Å². The Morgan fingerprint density at radius 1 is 1.44 bits per heavy atom. The summed E-state index contributed by atoms with van der Waals surface area (Å²) in [5.41, 5.74) is 5.73. The molecule has 1 fully saturated rings. The minimum atomic E-state index is -3.35. The van der Waals surface area contributed by atoms with Crippen molar-refractivity contribution in [3.8, 4) is 0 Å². The predicted octanol–water partition coefficient (Wildman–Crippen LogP) is 2.07. The van der Waals surface area contributed by atoms with Gasteiger partial charge in [0, 0.05) is 18.0 Å². The minimum Gasteiger partial charge on any atom is -0.326 e. The van der Waals surface area contributed by atoms with Crippen molar-refractivity contribution in [2.24, 2.45) is 11.1 Å². The summed E-state index contributed by atoms with van der Waals surface area (Å²) in [6.07, 6.45) is 4.50. The molecule has 0 saturated heterocycles. The van der Waals surface area contributed by atoms with E-state index in [1.165, 1.54) is 11.3 Å². The van der Waals surface area contributed by atoms with Gasteiger partial charge in [0.1, 0.15) is 4.21 Å². The molecule has 0 bridgehead atoms. The van der Waals surface area contributed by atoms with Crippen LogP contribution >= 0.6 is 11.3 Å². The Kier molecular flexibility index (Phi) is 4.11. The van der Waals surface area contributed by atoms with Gasteiger partial charge in [0.25, 0.3) is 0 Å². The molecule has 1 saturated carbocycles. The number of hydrogen-bond acceptors (Lipinski definition) is 4. The Morgan fingerprint density at radius 2 is 2.17 bits per heavy atom. The van der Waals surface area contributed by atoms with Gasteiger partial charge in [-0.25, -0.2) is 13.1 Å². The first-order chi connectivity index (χ1) is 8.51. The van der Waals surface area contributed by atoms with Crippen molar-refractivity contribution >= 4 is 21.4 Å². The molecule has 0 unspecified atom stereocenters. The highest BCUT2D eigenvalue weighted by Crippen LogP contribution is 2.49. The molecule has 1 aromatic heterocycles. The topological polar surface area (TPSA) is 72.2 Å². The number of sulfonamides is 1.